The van der Waals surface area contributed by atoms with E-state index in [-0.39, 0.29) is 57.5 Å². The fourth-order valence-corrected chi connectivity index (χ4v) is 30.0. The molecule has 380 valence electrons. The second-order valence-corrected chi connectivity index (χ2v) is 31.4. The van der Waals surface area contributed by atoms with Crippen LogP contribution in [0.2, 0.25) is 0 Å². The van der Waals surface area contributed by atoms with E-state index in [4.69, 9.17) is 67.6 Å². The van der Waals surface area contributed by atoms with Crippen molar-refractivity contribution < 1.29 is 36.6 Å². The minimum atomic E-state index is -7.69. The van der Waals surface area contributed by atoms with Crippen LogP contribution in [0.3, 0.4) is 0 Å². The Morgan fingerprint density at radius 3 is 0.541 bits per heavy atom. The predicted octanol–water partition coefficient (Wildman–Crippen LogP) is -4.06. The number of imidazole rings is 12. The summed E-state index contributed by atoms with van der Waals surface area (Å²) in [5.74, 6) is -2.45. The van der Waals surface area contributed by atoms with Crippen LogP contribution in [-0.4, -0.2) is 132 Å². The Morgan fingerprint density at radius 1 is 0.270 bits per heavy atom. The summed E-state index contributed by atoms with van der Waals surface area (Å²) >= 11 is 0. The molecule has 1 aromatic carbocycles. The fraction of sp³-hybridized carbons (Fsp3) is 0. The third-order valence-electron chi connectivity index (χ3n) is 12.5. The maximum atomic E-state index is 17.0. The van der Waals surface area contributed by atoms with Crippen molar-refractivity contribution in [2.75, 3.05) is 0 Å². The number of aromatic nitrogens is 24. The zero-order valence-corrected chi connectivity index (χ0v) is 39.8. The molecule has 0 fully saturated rings. The Labute approximate surface area is 407 Å². The van der Waals surface area contributed by atoms with Crippen molar-refractivity contribution in [2.24, 2.45) is 0 Å². The van der Waals surface area contributed by atoms with E-state index < -0.39 is 42.3 Å². The van der Waals surface area contributed by atoms with Gasteiger partial charge in [-0.25, -0.2) is 0 Å². The number of hydrogen-bond donors (Lipinski definition) is 12. The molecule has 12 heterocycles. The monoisotopic (exact) mass is 1080 g/mol. The molecule has 30 heteroatoms. The van der Waals surface area contributed by atoms with Crippen molar-refractivity contribution in [3.8, 4) is 0 Å². The number of H-pyrrole nitrogens is 12. The summed E-state index contributed by atoms with van der Waals surface area (Å²) in [5, 5.41) is 0. The van der Waals surface area contributed by atoms with Crippen LogP contribution in [0, 0.1) is 0 Å². The second kappa shape index (κ2) is 13.3. The first-order valence-electron chi connectivity index (χ1n) is 21.5. The molecule has 0 amide bonds. The van der Waals surface area contributed by atoms with E-state index >= 15 is 9.59 Å². The molecule has 12 aromatic heterocycles. The molecule has 0 spiro atoms. The summed E-state index contributed by atoms with van der Waals surface area (Å²) < 4.78 is 15.8. The SMILES string of the molecule is O=C([O][Ni]([c]1ncc[nH]1)([c]1ncc[nH]1)([c]1ncc[nH]1)([c]1ncc[nH]1)([c]1ncc[nH]1)[c]1ncc[nH]1)c1ccccc1C(=O)[O][Ni]([c]1ncc[nH]1)([c]1ncc[nH]1)([c]1ncc[nH]1)([c]1ncc[nH]1)([c]1ncc[nH]1)[c]1ncc[nH]1. The van der Waals surface area contributed by atoms with Crippen LogP contribution in [0.1, 0.15) is 20.7 Å². The summed E-state index contributed by atoms with van der Waals surface area (Å²) in [7, 11) is -15.4. The molecular formula is C44H40N24Ni2O4. The van der Waals surface area contributed by atoms with Gasteiger partial charge in [-0.1, -0.05) is 0 Å². The Balaban J connectivity index is 1.20. The molecule has 13 rings (SSSR count). The number of benzene rings is 1. The molecular weight excluding hydrogens is 1050 g/mol. The molecule has 12 N–H and O–H groups in total. The Bertz CT molecular complexity index is 3230. The zero-order chi connectivity index (χ0) is 50.2. The van der Waals surface area contributed by atoms with Crippen LogP contribution in [0.5, 0.6) is 0 Å². The molecule has 0 atom stereocenters. The van der Waals surface area contributed by atoms with Crippen molar-refractivity contribution in [1.82, 2.24) is 120 Å². The van der Waals surface area contributed by atoms with E-state index in [0.717, 1.165) is 0 Å². The summed E-state index contributed by atoms with van der Waals surface area (Å²) in [6, 6.07) is 5.86. The predicted molar refractivity (Wildman–Crippen MR) is 256 cm³/mol. The zero-order valence-electron chi connectivity index (χ0n) is 37.8. The molecule has 0 bridgehead atoms. The molecule has 0 aliphatic heterocycles. The molecule has 0 radical (unpaired) electrons. The second-order valence-electron chi connectivity index (χ2n) is 15.6. The average molecular weight is 1090 g/mol. The first kappa shape index (κ1) is 43.7. The van der Waals surface area contributed by atoms with Crippen LogP contribution >= 0.6 is 0 Å². The molecule has 0 aliphatic rings. The number of carbonyl (C=O) groups excluding carboxylic acids is 2. The van der Waals surface area contributed by atoms with Crippen molar-refractivity contribution in [3.63, 3.8) is 0 Å². The van der Waals surface area contributed by atoms with Crippen LogP contribution in [-0.2, 0) is 27.0 Å². The van der Waals surface area contributed by atoms with Crippen LogP contribution < -0.4 is 57.5 Å². The van der Waals surface area contributed by atoms with Gasteiger partial charge in [-0.15, -0.1) is 0 Å². The summed E-state index contributed by atoms with van der Waals surface area (Å²) in [5.41, 5.74) is -0.814. The molecule has 0 unspecified atom stereocenters. The van der Waals surface area contributed by atoms with Crippen molar-refractivity contribution in [2.45, 2.75) is 0 Å². The number of rotatable bonds is 16. The number of aromatic amines is 12. The van der Waals surface area contributed by atoms with E-state index in [1.54, 1.807) is 12.1 Å². The van der Waals surface area contributed by atoms with E-state index in [1.807, 2.05) is 0 Å². The van der Waals surface area contributed by atoms with Gasteiger partial charge in [0.05, 0.1) is 0 Å². The van der Waals surface area contributed by atoms with Gasteiger partial charge in [0, 0.05) is 0 Å². The summed E-state index contributed by atoms with van der Waals surface area (Å²) in [4.78, 5) is 132. The van der Waals surface area contributed by atoms with Gasteiger partial charge in [0.15, 0.2) is 0 Å². The number of carbonyl (C=O) groups is 2. The van der Waals surface area contributed by atoms with Gasteiger partial charge in [-0.2, -0.15) is 0 Å². The van der Waals surface area contributed by atoms with E-state index in [9.17, 15) is 0 Å². The molecule has 74 heavy (non-hydrogen) atoms. The van der Waals surface area contributed by atoms with Gasteiger partial charge in [-0.3, -0.25) is 0 Å². The topological polar surface area (TPSA) is 397 Å². The van der Waals surface area contributed by atoms with Gasteiger partial charge in [-0.05, 0) is 0 Å². The van der Waals surface area contributed by atoms with E-state index in [2.05, 4.69) is 59.8 Å². The number of hydrogen-bond acceptors (Lipinski definition) is 16. The Morgan fingerprint density at radius 2 is 0.419 bits per heavy atom. The third-order valence-corrected chi connectivity index (χ3v) is 33.6. The maximum absolute atomic E-state index is 17.0. The van der Waals surface area contributed by atoms with Crippen LogP contribution in [0.25, 0.3) is 0 Å². The number of nitrogens with zero attached hydrogens (tertiary/aromatic N) is 12. The minimum absolute atomic E-state index is 0.146. The van der Waals surface area contributed by atoms with Gasteiger partial charge < -0.3 is 0 Å². The molecule has 28 nitrogen and oxygen atoms in total. The van der Waals surface area contributed by atoms with Crippen molar-refractivity contribution in [1.29, 1.82) is 0 Å². The summed E-state index contributed by atoms with van der Waals surface area (Å²) in [6.07, 6.45) is 35.8. The number of nitrogens with one attached hydrogen (secondary N) is 12. The van der Waals surface area contributed by atoms with E-state index in [0.29, 0.717) is 0 Å². The quantitative estimate of drug-likeness (QED) is 0.0410. The standard InChI is InChI=1S/C8H6O4.12C3H3N2.2Ni/c9-7(10)5-3-1-2-4-6(5)8(11)12;12*1-2-5-3-4-1;;/h1-4H,(H,9,10)(H,11,12);12*1-2H,(H,4,5);;/q;;;;;;;;;;;;;2*+1/p-2. The van der Waals surface area contributed by atoms with Gasteiger partial charge in [0.1, 0.15) is 0 Å². The van der Waals surface area contributed by atoms with Crippen LogP contribution in [0.4, 0.5) is 0 Å². The third kappa shape index (κ3) is 3.56. The molecule has 13 aromatic rings. The Hall–Kier alpha value is -10.3. The normalized spacial score (nSPS) is 15.1. The van der Waals surface area contributed by atoms with Gasteiger partial charge >= 0.3 is 410 Å². The van der Waals surface area contributed by atoms with Gasteiger partial charge in [0.2, 0.25) is 0 Å². The first-order chi connectivity index (χ1) is 36.2. The molecule has 0 saturated heterocycles. The molecule has 0 aliphatic carbocycles. The van der Waals surface area contributed by atoms with Crippen LogP contribution in [0.15, 0.2) is 173 Å². The van der Waals surface area contributed by atoms with Crippen molar-refractivity contribution >= 4 is 69.5 Å². The first-order valence-corrected chi connectivity index (χ1v) is 28.3. The Kier molecular flexibility index (Phi) is 7.87. The molecule has 0 saturated carbocycles. The van der Waals surface area contributed by atoms with Crippen molar-refractivity contribution in [3.05, 3.63) is 184 Å². The fourth-order valence-electron chi connectivity index (χ4n) is 9.61. The van der Waals surface area contributed by atoms with Gasteiger partial charge in [0.25, 0.3) is 0 Å². The average Bonchev–Trinajstić information content (AvgIpc) is 3.79. The summed E-state index contributed by atoms with van der Waals surface area (Å²) in [6.45, 7) is 0. The van der Waals surface area contributed by atoms with E-state index in [1.165, 1.54) is 161 Å².